The summed E-state index contributed by atoms with van der Waals surface area (Å²) in [5.74, 6) is 6.62. The second-order valence-electron chi connectivity index (χ2n) is 10.6. The molecule has 0 aliphatic carbocycles. The molecule has 1 amide bonds. The summed E-state index contributed by atoms with van der Waals surface area (Å²) in [7, 11) is -2.43. The Morgan fingerprint density at radius 1 is 1.11 bits per heavy atom. The summed E-state index contributed by atoms with van der Waals surface area (Å²) in [5.41, 5.74) is 1.50. The molecular formula is C31H32N4O7S2. The third kappa shape index (κ3) is 9.32. The normalized spacial score (nSPS) is 12.5. The van der Waals surface area contributed by atoms with E-state index >= 15 is 0 Å². The highest BCUT2D eigenvalue weighted by atomic mass is 32.2. The Morgan fingerprint density at radius 3 is 2.55 bits per heavy atom. The number of hydrogen-bond acceptors (Lipinski definition) is 11. The summed E-state index contributed by atoms with van der Waals surface area (Å²) in [6.45, 7) is 6.62. The van der Waals surface area contributed by atoms with Gasteiger partial charge in [0.25, 0.3) is 10.1 Å². The highest BCUT2D eigenvalue weighted by Crippen LogP contribution is 2.27. The van der Waals surface area contributed by atoms with Crippen molar-refractivity contribution in [2.45, 2.75) is 44.3 Å². The molecule has 0 spiro atoms. The number of aliphatic hydroxyl groups is 1. The molecule has 11 nitrogen and oxygen atoms in total. The lowest BCUT2D eigenvalue weighted by molar-refractivity contribution is 0.0588. The van der Waals surface area contributed by atoms with Crippen LogP contribution in [0.25, 0.3) is 16.3 Å². The number of anilines is 1. The predicted molar refractivity (Wildman–Crippen MR) is 168 cm³/mol. The molecule has 13 heteroatoms. The maximum Gasteiger partial charge on any atom is 0.415 e. The number of thiazole rings is 1. The largest absolute Gasteiger partial charge is 0.491 e. The van der Waals surface area contributed by atoms with Crippen molar-refractivity contribution < 1.29 is 32.0 Å². The zero-order valence-corrected chi connectivity index (χ0v) is 26.5. The predicted octanol–water partition coefficient (Wildman–Crippen LogP) is 4.98. The Kier molecular flexibility index (Phi) is 10.3. The van der Waals surface area contributed by atoms with Crippen LogP contribution in [-0.2, 0) is 19.0 Å². The van der Waals surface area contributed by atoms with E-state index < -0.39 is 34.5 Å². The standard InChI is InChI=1S/C31H32N4O7S2/c1-21-10-13-25(14-11-21)44(38,39)41-20-23(36)19-40-24-12-15-26-27(16-24)43-29(34-26)9-7-6-8-22-17-33-28(18-32-22)35(5)30(37)42-31(2,3)4/h7,9-18,23,36H,19-20H2,1-5H3. The van der Waals surface area contributed by atoms with Crippen LogP contribution in [0.3, 0.4) is 0 Å². The summed E-state index contributed by atoms with van der Waals surface area (Å²) in [4.78, 5) is 26.5. The van der Waals surface area contributed by atoms with Crippen LogP contribution >= 0.6 is 11.3 Å². The molecule has 0 bridgehead atoms. The maximum absolute atomic E-state index is 12.3. The lowest BCUT2D eigenvalue weighted by Gasteiger charge is -2.23. The Morgan fingerprint density at radius 2 is 1.86 bits per heavy atom. The summed E-state index contributed by atoms with van der Waals surface area (Å²) in [6, 6.07) is 11.6. The summed E-state index contributed by atoms with van der Waals surface area (Å²) < 4.78 is 41.4. The molecule has 1 unspecified atom stereocenters. The molecule has 2 heterocycles. The molecule has 0 saturated heterocycles. The average molecular weight is 637 g/mol. The number of aliphatic hydroxyl groups excluding tert-OH is 1. The number of fused-ring (bicyclic) bond motifs is 1. The number of carbonyl (C=O) groups excluding carboxylic acids is 1. The first-order valence-corrected chi connectivity index (χ1v) is 15.7. The molecular weight excluding hydrogens is 604 g/mol. The van der Waals surface area contributed by atoms with Crippen molar-refractivity contribution in [3.05, 3.63) is 77.2 Å². The molecule has 230 valence electrons. The van der Waals surface area contributed by atoms with E-state index in [1.807, 2.05) is 6.92 Å². The van der Waals surface area contributed by atoms with Gasteiger partial charge in [-0.3, -0.25) is 9.08 Å². The van der Waals surface area contributed by atoms with E-state index in [9.17, 15) is 18.3 Å². The van der Waals surface area contributed by atoms with Crippen molar-refractivity contribution in [1.29, 1.82) is 0 Å². The number of hydrogen-bond donors (Lipinski definition) is 1. The molecule has 1 N–H and O–H groups in total. The highest BCUT2D eigenvalue weighted by molar-refractivity contribution is 7.86. The quantitative estimate of drug-likeness (QED) is 0.198. The third-order valence-electron chi connectivity index (χ3n) is 5.70. The van der Waals surface area contributed by atoms with Gasteiger partial charge < -0.3 is 14.6 Å². The number of aromatic nitrogens is 3. The van der Waals surface area contributed by atoms with Crippen LogP contribution in [0.1, 0.15) is 37.0 Å². The van der Waals surface area contributed by atoms with Gasteiger partial charge in [0.1, 0.15) is 34.8 Å². The van der Waals surface area contributed by atoms with Gasteiger partial charge in [0, 0.05) is 7.05 Å². The van der Waals surface area contributed by atoms with Crippen molar-refractivity contribution in [3.63, 3.8) is 0 Å². The summed E-state index contributed by atoms with van der Waals surface area (Å²) in [5, 5.41) is 10.9. The molecule has 1 atom stereocenters. The molecule has 4 rings (SSSR count). The van der Waals surface area contributed by atoms with Gasteiger partial charge >= 0.3 is 6.09 Å². The van der Waals surface area contributed by atoms with E-state index in [1.165, 1.54) is 40.8 Å². The minimum absolute atomic E-state index is 0.0233. The minimum atomic E-state index is -3.98. The lowest BCUT2D eigenvalue weighted by Crippen LogP contribution is -2.34. The van der Waals surface area contributed by atoms with Crippen molar-refractivity contribution in [2.75, 3.05) is 25.2 Å². The van der Waals surface area contributed by atoms with Gasteiger partial charge in [-0.1, -0.05) is 23.6 Å². The van der Waals surface area contributed by atoms with Crippen LogP contribution in [-0.4, -0.2) is 66.5 Å². The van der Waals surface area contributed by atoms with Crippen LogP contribution in [0, 0.1) is 18.8 Å². The van der Waals surface area contributed by atoms with Gasteiger partial charge in [-0.05, 0) is 76.1 Å². The second kappa shape index (κ2) is 14.0. The van der Waals surface area contributed by atoms with Crippen LogP contribution in [0.2, 0.25) is 0 Å². The van der Waals surface area contributed by atoms with Crippen LogP contribution in [0.15, 0.2) is 65.8 Å². The Bertz CT molecular complexity index is 1800. The number of rotatable bonds is 9. The molecule has 0 radical (unpaired) electrons. The lowest BCUT2D eigenvalue weighted by atomic mass is 10.2. The van der Waals surface area contributed by atoms with Crippen molar-refractivity contribution in [3.8, 4) is 17.6 Å². The van der Waals surface area contributed by atoms with E-state index in [0.717, 1.165) is 20.8 Å². The fraction of sp³-hybridized carbons (Fsp3) is 0.290. The zero-order chi connectivity index (χ0) is 31.9. The fourth-order valence-corrected chi connectivity index (χ4v) is 5.32. The zero-order valence-electron chi connectivity index (χ0n) is 24.8. The average Bonchev–Trinajstić information content (AvgIpc) is 3.38. The SMILES string of the molecule is Cc1ccc(S(=O)(=O)OCC(O)COc2ccc3nc(C=CC#Cc4cnc(N(C)C(=O)OC(C)(C)C)cn4)sc3c2)cc1. The number of aryl methyl sites for hydroxylation is 1. The topological polar surface area (TPSA) is 141 Å². The Labute approximate surface area is 260 Å². The molecule has 2 aromatic heterocycles. The number of carbonyl (C=O) groups is 1. The fourth-order valence-electron chi connectivity index (χ4n) is 3.48. The van der Waals surface area contributed by atoms with Gasteiger partial charge in [0.05, 0.1) is 34.1 Å². The number of ether oxygens (including phenoxy) is 2. The number of amides is 1. The van der Waals surface area contributed by atoms with Crippen LogP contribution in [0.4, 0.5) is 10.6 Å². The molecule has 0 aliphatic rings. The van der Waals surface area contributed by atoms with E-state index in [1.54, 1.807) is 70.3 Å². The van der Waals surface area contributed by atoms with Gasteiger partial charge in [-0.25, -0.2) is 19.7 Å². The Hall–Kier alpha value is -4.35. The van der Waals surface area contributed by atoms with E-state index in [-0.39, 0.29) is 11.5 Å². The van der Waals surface area contributed by atoms with Gasteiger partial charge in [0.15, 0.2) is 5.82 Å². The first kappa shape index (κ1) is 32.6. The summed E-state index contributed by atoms with van der Waals surface area (Å²) in [6.07, 6.45) is 4.66. The van der Waals surface area contributed by atoms with Gasteiger partial charge in [-0.2, -0.15) is 8.42 Å². The monoisotopic (exact) mass is 636 g/mol. The third-order valence-corrected chi connectivity index (χ3v) is 7.98. The van der Waals surface area contributed by atoms with Crippen LogP contribution in [0.5, 0.6) is 5.75 Å². The minimum Gasteiger partial charge on any atom is -0.491 e. The molecule has 2 aromatic carbocycles. The molecule has 44 heavy (non-hydrogen) atoms. The van der Waals surface area contributed by atoms with Crippen molar-refractivity contribution in [2.24, 2.45) is 0 Å². The number of nitrogens with zero attached hydrogens (tertiary/aromatic N) is 4. The molecule has 0 saturated carbocycles. The van der Waals surface area contributed by atoms with Gasteiger partial charge in [0.2, 0.25) is 0 Å². The highest BCUT2D eigenvalue weighted by Gasteiger charge is 2.21. The second-order valence-corrected chi connectivity index (χ2v) is 13.3. The summed E-state index contributed by atoms with van der Waals surface area (Å²) >= 11 is 1.43. The van der Waals surface area contributed by atoms with Gasteiger partial charge in [-0.15, -0.1) is 11.3 Å². The van der Waals surface area contributed by atoms with Crippen molar-refractivity contribution in [1.82, 2.24) is 15.0 Å². The van der Waals surface area contributed by atoms with Crippen molar-refractivity contribution >= 4 is 49.7 Å². The molecule has 0 fully saturated rings. The number of allylic oxidation sites excluding steroid dienone is 1. The molecule has 4 aromatic rings. The maximum atomic E-state index is 12.3. The van der Waals surface area contributed by atoms with E-state index in [0.29, 0.717) is 17.3 Å². The van der Waals surface area contributed by atoms with E-state index in [2.05, 4.69) is 26.8 Å². The first-order valence-electron chi connectivity index (χ1n) is 13.4. The Balaban J connectivity index is 1.29. The van der Waals surface area contributed by atoms with Crippen LogP contribution < -0.4 is 9.64 Å². The first-order chi connectivity index (χ1) is 20.8. The smallest absolute Gasteiger partial charge is 0.415 e. The molecule has 0 aliphatic heterocycles. The number of benzene rings is 2. The van der Waals surface area contributed by atoms with E-state index in [4.69, 9.17) is 13.7 Å².